The molecule has 0 saturated carbocycles. The smallest absolute Gasteiger partial charge is 0.406 e. The van der Waals surface area contributed by atoms with Crippen molar-refractivity contribution in [3.63, 3.8) is 0 Å². The Balaban J connectivity index is 1.62. The molecule has 10 heteroatoms. The molecule has 0 amide bonds. The van der Waals surface area contributed by atoms with Gasteiger partial charge in [-0.05, 0) is 60.2 Å². The molecule has 1 heterocycles. The monoisotopic (exact) mass is 440 g/mol. The first-order chi connectivity index (χ1) is 13.7. The highest BCUT2D eigenvalue weighted by Crippen LogP contribution is 2.26. The minimum atomic E-state index is -4.84. The van der Waals surface area contributed by atoms with Gasteiger partial charge < -0.3 is 4.74 Å². The van der Waals surface area contributed by atoms with Crippen molar-refractivity contribution in [2.24, 2.45) is 0 Å². The second-order valence-electron chi connectivity index (χ2n) is 5.80. The van der Waals surface area contributed by atoms with Crippen LogP contribution in [0.3, 0.4) is 0 Å². The highest BCUT2D eigenvalue weighted by Gasteiger charge is 2.31. The first kappa shape index (κ1) is 21.0. The van der Waals surface area contributed by atoms with Gasteiger partial charge in [0, 0.05) is 28.7 Å². The lowest BCUT2D eigenvalue weighted by molar-refractivity contribution is -0.274. The summed E-state index contributed by atoms with van der Waals surface area (Å²) in [6.45, 7) is 0. The van der Waals surface area contributed by atoms with Crippen LogP contribution in [0.2, 0.25) is 0 Å². The van der Waals surface area contributed by atoms with Gasteiger partial charge in [0.05, 0.1) is 4.90 Å². The summed E-state index contributed by atoms with van der Waals surface area (Å²) < 4.78 is 67.5. The van der Waals surface area contributed by atoms with Crippen LogP contribution in [-0.4, -0.2) is 19.8 Å². The molecule has 0 aliphatic rings. The third-order valence-corrected chi connectivity index (χ3v) is 6.08. The van der Waals surface area contributed by atoms with E-state index in [-0.39, 0.29) is 4.90 Å². The predicted molar refractivity (Wildman–Crippen MR) is 104 cm³/mol. The van der Waals surface area contributed by atoms with Gasteiger partial charge in [0.1, 0.15) is 5.75 Å². The number of anilines is 1. The second kappa shape index (κ2) is 8.75. The van der Waals surface area contributed by atoms with Gasteiger partial charge in [0.15, 0.2) is 0 Å². The van der Waals surface area contributed by atoms with Gasteiger partial charge in [-0.2, -0.15) is 0 Å². The summed E-state index contributed by atoms with van der Waals surface area (Å²) in [5.74, 6) is 0.233. The number of nitrogens with one attached hydrogen (secondary N) is 1. The largest absolute Gasteiger partial charge is 0.573 e. The Hall–Kier alpha value is -2.72. The van der Waals surface area contributed by atoms with E-state index in [9.17, 15) is 21.6 Å². The maximum absolute atomic E-state index is 12.4. The molecule has 29 heavy (non-hydrogen) atoms. The molecule has 0 fully saturated rings. The highest BCUT2D eigenvalue weighted by atomic mass is 32.2. The van der Waals surface area contributed by atoms with Crippen molar-refractivity contribution in [3.8, 4) is 5.75 Å². The van der Waals surface area contributed by atoms with Crippen molar-refractivity contribution in [1.29, 1.82) is 0 Å². The maximum Gasteiger partial charge on any atom is 0.573 e. The molecule has 0 bridgehead atoms. The molecule has 152 valence electrons. The van der Waals surface area contributed by atoms with E-state index in [2.05, 4.69) is 14.4 Å². The Morgan fingerprint density at radius 1 is 1.00 bits per heavy atom. The molecule has 3 aromatic rings. The molecule has 0 aliphatic carbocycles. The summed E-state index contributed by atoms with van der Waals surface area (Å²) in [4.78, 5) is 4.82. The van der Waals surface area contributed by atoms with Crippen LogP contribution in [-0.2, 0) is 15.8 Å². The van der Waals surface area contributed by atoms with Crippen LogP contribution in [0, 0.1) is 0 Å². The quantitative estimate of drug-likeness (QED) is 0.520. The summed E-state index contributed by atoms with van der Waals surface area (Å²) in [6, 6.07) is 14.6. The number of sulfonamides is 1. The van der Waals surface area contributed by atoms with Crippen LogP contribution in [0.5, 0.6) is 5.75 Å². The first-order valence-electron chi connectivity index (χ1n) is 8.22. The number of rotatable bonds is 7. The Morgan fingerprint density at radius 2 is 1.69 bits per heavy atom. The molecule has 0 spiro atoms. The number of benzene rings is 2. The number of hydrogen-bond donors (Lipinski definition) is 1. The lowest BCUT2D eigenvalue weighted by atomic mass is 10.3. The molecule has 1 N–H and O–H groups in total. The van der Waals surface area contributed by atoms with Crippen molar-refractivity contribution in [2.75, 3.05) is 4.72 Å². The fraction of sp³-hybridized carbons (Fsp3) is 0.105. The minimum Gasteiger partial charge on any atom is -0.406 e. The van der Waals surface area contributed by atoms with Crippen molar-refractivity contribution in [1.82, 2.24) is 4.98 Å². The zero-order valence-corrected chi connectivity index (χ0v) is 16.4. The van der Waals surface area contributed by atoms with E-state index in [1.165, 1.54) is 0 Å². The van der Waals surface area contributed by atoms with Crippen molar-refractivity contribution < 1.29 is 26.3 Å². The maximum atomic E-state index is 12.4. The highest BCUT2D eigenvalue weighted by molar-refractivity contribution is 7.98. The summed E-state index contributed by atoms with van der Waals surface area (Å²) in [5.41, 5.74) is 1.41. The zero-order valence-electron chi connectivity index (χ0n) is 14.8. The summed E-state index contributed by atoms with van der Waals surface area (Å²) in [5, 5.41) is 0. The molecule has 0 atom stereocenters. The fourth-order valence-corrected chi connectivity index (χ4v) is 4.20. The zero-order chi connectivity index (χ0) is 20.9. The summed E-state index contributed by atoms with van der Waals surface area (Å²) in [7, 11) is -3.94. The molecule has 0 radical (unpaired) electrons. The molecule has 1 aromatic heterocycles. The van der Waals surface area contributed by atoms with Crippen LogP contribution in [0.15, 0.2) is 82.8 Å². The third kappa shape index (κ3) is 6.40. The average molecular weight is 440 g/mol. The Labute approximate surface area is 170 Å². The van der Waals surface area contributed by atoms with Crippen LogP contribution >= 0.6 is 11.8 Å². The Kier molecular flexibility index (Phi) is 6.33. The van der Waals surface area contributed by atoms with E-state index in [1.54, 1.807) is 48.4 Å². The summed E-state index contributed by atoms with van der Waals surface area (Å²) in [6.07, 6.45) is -1.36. The van der Waals surface area contributed by atoms with Crippen molar-refractivity contribution in [3.05, 3.63) is 78.6 Å². The van der Waals surface area contributed by atoms with Gasteiger partial charge in [-0.25, -0.2) is 8.42 Å². The lowest BCUT2D eigenvalue weighted by Crippen LogP contribution is -2.17. The van der Waals surface area contributed by atoms with E-state index in [4.69, 9.17) is 0 Å². The first-order valence-corrected chi connectivity index (χ1v) is 10.7. The molecule has 3 rings (SSSR count). The van der Waals surface area contributed by atoms with Crippen LogP contribution in [0.25, 0.3) is 0 Å². The minimum absolute atomic E-state index is 0.179. The average Bonchev–Trinajstić information content (AvgIpc) is 2.67. The number of thioether (sulfide) groups is 1. The SMILES string of the molecule is O=S(=O)(Nc1ccc(SCc2cccnc2)cc1)c1ccc(OC(F)(F)F)cc1. The van der Waals surface area contributed by atoms with Gasteiger partial charge >= 0.3 is 6.36 Å². The van der Waals surface area contributed by atoms with E-state index >= 15 is 0 Å². The molecule has 0 unspecified atom stereocenters. The van der Waals surface area contributed by atoms with Crippen molar-refractivity contribution in [2.45, 2.75) is 21.9 Å². The van der Waals surface area contributed by atoms with Crippen molar-refractivity contribution >= 4 is 27.5 Å². The number of hydrogen-bond acceptors (Lipinski definition) is 5. The number of aromatic nitrogens is 1. The van der Waals surface area contributed by atoms with Gasteiger partial charge in [0.2, 0.25) is 0 Å². The molecule has 2 aromatic carbocycles. The number of pyridine rings is 1. The van der Waals surface area contributed by atoms with Crippen LogP contribution in [0.4, 0.5) is 18.9 Å². The second-order valence-corrected chi connectivity index (χ2v) is 8.53. The van der Waals surface area contributed by atoms with Gasteiger partial charge in [0.25, 0.3) is 10.0 Å². The molecule has 0 aliphatic heterocycles. The van der Waals surface area contributed by atoms with E-state index < -0.39 is 22.1 Å². The van der Waals surface area contributed by atoms with E-state index in [0.717, 1.165) is 40.5 Å². The number of ether oxygens (including phenoxy) is 1. The fourth-order valence-electron chi connectivity index (χ4n) is 2.30. The topological polar surface area (TPSA) is 68.3 Å². The Bertz CT molecular complexity index is 1040. The number of alkyl halides is 3. The number of nitrogens with zero attached hydrogens (tertiary/aromatic N) is 1. The predicted octanol–water partition coefficient (Wildman–Crippen LogP) is 5.07. The van der Waals surface area contributed by atoms with E-state index in [0.29, 0.717) is 5.69 Å². The van der Waals surface area contributed by atoms with Gasteiger partial charge in [-0.1, -0.05) is 6.07 Å². The molecular formula is C19H15F3N2O3S2. The van der Waals surface area contributed by atoms with Crippen LogP contribution < -0.4 is 9.46 Å². The normalized spacial score (nSPS) is 11.8. The standard InChI is InChI=1S/C19H15F3N2O3S2/c20-19(21,22)27-16-5-9-18(10-6-16)29(25,26)24-15-3-7-17(8-4-15)28-13-14-2-1-11-23-12-14/h1-12,24H,13H2. The lowest BCUT2D eigenvalue weighted by Gasteiger charge is -2.11. The third-order valence-electron chi connectivity index (χ3n) is 3.60. The van der Waals surface area contributed by atoms with E-state index in [1.807, 2.05) is 12.1 Å². The number of halogens is 3. The molecular weight excluding hydrogens is 425 g/mol. The molecule has 0 saturated heterocycles. The van der Waals surface area contributed by atoms with Gasteiger partial charge in [-0.3, -0.25) is 9.71 Å². The Morgan fingerprint density at radius 3 is 2.28 bits per heavy atom. The van der Waals surface area contributed by atoms with Gasteiger partial charge in [-0.15, -0.1) is 24.9 Å². The van der Waals surface area contributed by atoms with Crippen LogP contribution in [0.1, 0.15) is 5.56 Å². The summed E-state index contributed by atoms with van der Waals surface area (Å²) >= 11 is 1.58. The molecule has 5 nitrogen and oxygen atoms in total.